The minimum Gasteiger partial charge on any atom is -0.456 e. The summed E-state index contributed by atoms with van der Waals surface area (Å²) in [5.41, 5.74) is 6.21. The van der Waals surface area contributed by atoms with Gasteiger partial charge in [0.2, 0.25) is 0 Å². The Kier molecular flexibility index (Phi) is 3.36. The van der Waals surface area contributed by atoms with Gasteiger partial charge in [0, 0.05) is 10.2 Å². The molecule has 0 aliphatic carbocycles. The Labute approximate surface area is 107 Å². The van der Waals surface area contributed by atoms with E-state index in [1.54, 1.807) is 18.2 Å². The number of hydrogen-bond donors (Lipinski definition) is 1. The predicted octanol–water partition coefficient (Wildman–Crippen LogP) is 4.48. The SMILES string of the molecule is Nc1ccc(Oc2ccc(Br)cc2)c(Cl)c1. The van der Waals surface area contributed by atoms with Crippen LogP contribution in [0.25, 0.3) is 0 Å². The molecule has 2 aromatic rings. The zero-order valence-corrected chi connectivity index (χ0v) is 10.6. The minimum atomic E-state index is 0.503. The molecule has 0 unspecified atom stereocenters. The van der Waals surface area contributed by atoms with Crippen molar-refractivity contribution in [3.8, 4) is 11.5 Å². The van der Waals surface area contributed by atoms with Gasteiger partial charge in [0.25, 0.3) is 0 Å². The molecule has 82 valence electrons. The van der Waals surface area contributed by atoms with Gasteiger partial charge in [-0.05, 0) is 42.5 Å². The van der Waals surface area contributed by atoms with Crippen molar-refractivity contribution in [2.75, 3.05) is 5.73 Å². The average Bonchev–Trinajstić information content (AvgIpc) is 2.25. The molecule has 4 heteroatoms. The van der Waals surface area contributed by atoms with Gasteiger partial charge in [-0.2, -0.15) is 0 Å². The first kappa shape index (κ1) is 11.3. The number of anilines is 1. The highest BCUT2D eigenvalue weighted by atomic mass is 79.9. The third-order valence-corrected chi connectivity index (χ3v) is 2.82. The van der Waals surface area contributed by atoms with E-state index in [4.69, 9.17) is 22.1 Å². The summed E-state index contributed by atoms with van der Waals surface area (Å²) in [5.74, 6) is 1.33. The molecular weight excluding hydrogens is 289 g/mol. The van der Waals surface area contributed by atoms with E-state index in [0.29, 0.717) is 16.5 Å². The molecule has 0 saturated carbocycles. The lowest BCUT2D eigenvalue weighted by Crippen LogP contribution is -1.88. The number of nitrogens with two attached hydrogens (primary N) is 1. The maximum absolute atomic E-state index is 6.00. The van der Waals surface area contributed by atoms with E-state index < -0.39 is 0 Å². The summed E-state index contributed by atoms with van der Waals surface area (Å²) in [7, 11) is 0. The second-order valence-electron chi connectivity index (χ2n) is 3.25. The van der Waals surface area contributed by atoms with Crippen LogP contribution in [-0.4, -0.2) is 0 Å². The standard InChI is InChI=1S/C12H9BrClNO/c13-8-1-4-10(5-2-8)16-12-6-3-9(15)7-11(12)14/h1-7H,15H2. The van der Waals surface area contributed by atoms with Crippen LogP contribution in [0.4, 0.5) is 5.69 Å². The monoisotopic (exact) mass is 297 g/mol. The first-order valence-electron chi connectivity index (χ1n) is 4.63. The van der Waals surface area contributed by atoms with Gasteiger partial charge in [0.1, 0.15) is 11.5 Å². The lowest BCUT2D eigenvalue weighted by atomic mass is 10.3. The maximum Gasteiger partial charge on any atom is 0.146 e. The van der Waals surface area contributed by atoms with E-state index in [1.807, 2.05) is 24.3 Å². The summed E-state index contributed by atoms with van der Waals surface area (Å²) < 4.78 is 6.61. The van der Waals surface area contributed by atoms with Crippen molar-refractivity contribution < 1.29 is 4.74 Å². The topological polar surface area (TPSA) is 35.2 Å². The fraction of sp³-hybridized carbons (Fsp3) is 0. The van der Waals surface area contributed by atoms with E-state index in [9.17, 15) is 0 Å². The number of rotatable bonds is 2. The summed E-state index contributed by atoms with van der Waals surface area (Å²) in [6.07, 6.45) is 0. The summed E-state index contributed by atoms with van der Waals surface area (Å²) in [4.78, 5) is 0. The number of benzene rings is 2. The first-order chi connectivity index (χ1) is 7.65. The highest BCUT2D eigenvalue weighted by Gasteiger charge is 2.03. The Morgan fingerprint density at radius 1 is 1.06 bits per heavy atom. The Balaban J connectivity index is 2.23. The zero-order valence-electron chi connectivity index (χ0n) is 8.28. The molecule has 2 N–H and O–H groups in total. The lowest BCUT2D eigenvalue weighted by Gasteiger charge is -2.07. The molecule has 0 amide bonds. The highest BCUT2D eigenvalue weighted by Crippen LogP contribution is 2.31. The van der Waals surface area contributed by atoms with Gasteiger partial charge >= 0.3 is 0 Å². The van der Waals surface area contributed by atoms with Crippen molar-refractivity contribution in [1.82, 2.24) is 0 Å². The Morgan fingerprint density at radius 2 is 1.75 bits per heavy atom. The van der Waals surface area contributed by atoms with Crippen molar-refractivity contribution in [3.63, 3.8) is 0 Å². The van der Waals surface area contributed by atoms with Crippen LogP contribution in [-0.2, 0) is 0 Å². The molecular formula is C12H9BrClNO. The van der Waals surface area contributed by atoms with Gasteiger partial charge < -0.3 is 10.5 Å². The van der Waals surface area contributed by atoms with Crippen LogP contribution in [0.3, 0.4) is 0 Å². The van der Waals surface area contributed by atoms with Gasteiger partial charge in [0.15, 0.2) is 0 Å². The number of ether oxygens (including phenoxy) is 1. The molecule has 0 aromatic heterocycles. The van der Waals surface area contributed by atoms with Crippen molar-refractivity contribution >= 4 is 33.2 Å². The predicted molar refractivity (Wildman–Crippen MR) is 70.1 cm³/mol. The van der Waals surface area contributed by atoms with Crippen LogP contribution >= 0.6 is 27.5 Å². The van der Waals surface area contributed by atoms with Gasteiger partial charge in [-0.3, -0.25) is 0 Å². The fourth-order valence-electron chi connectivity index (χ4n) is 1.23. The fourth-order valence-corrected chi connectivity index (χ4v) is 1.72. The average molecular weight is 299 g/mol. The molecule has 2 aromatic carbocycles. The van der Waals surface area contributed by atoms with Gasteiger partial charge in [-0.1, -0.05) is 27.5 Å². The lowest BCUT2D eigenvalue weighted by molar-refractivity contribution is 0.483. The summed E-state index contributed by atoms with van der Waals surface area (Å²) in [6.45, 7) is 0. The largest absolute Gasteiger partial charge is 0.456 e. The number of hydrogen-bond acceptors (Lipinski definition) is 2. The van der Waals surface area contributed by atoms with Crippen molar-refractivity contribution in [1.29, 1.82) is 0 Å². The maximum atomic E-state index is 6.00. The van der Waals surface area contributed by atoms with E-state index >= 15 is 0 Å². The Morgan fingerprint density at radius 3 is 2.38 bits per heavy atom. The molecule has 0 bridgehead atoms. The molecule has 0 saturated heterocycles. The quantitative estimate of drug-likeness (QED) is 0.830. The molecule has 0 fully saturated rings. The van der Waals surface area contributed by atoms with Crippen LogP contribution in [0.15, 0.2) is 46.9 Å². The molecule has 0 atom stereocenters. The smallest absolute Gasteiger partial charge is 0.146 e. The number of halogens is 2. The number of nitrogen functional groups attached to an aromatic ring is 1. The first-order valence-corrected chi connectivity index (χ1v) is 5.81. The van der Waals surface area contributed by atoms with Crippen LogP contribution in [0.2, 0.25) is 5.02 Å². The highest BCUT2D eigenvalue weighted by molar-refractivity contribution is 9.10. The van der Waals surface area contributed by atoms with Gasteiger partial charge in [-0.25, -0.2) is 0 Å². The van der Waals surface area contributed by atoms with Crippen LogP contribution in [0.5, 0.6) is 11.5 Å². The summed E-state index contributed by atoms with van der Waals surface area (Å²) in [6, 6.07) is 12.7. The molecule has 2 rings (SSSR count). The van der Waals surface area contributed by atoms with Gasteiger partial charge in [-0.15, -0.1) is 0 Å². The second kappa shape index (κ2) is 4.76. The summed E-state index contributed by atoms with van der Waals surface area (Å²) in [5, 5.41) is 0.503. The van der Waals surface area contributed by atoms with Crippen LogP contribution in [0.1, 0.15) is 0 Å². The third-order valence-electron chi connectivity index (χ3n) is 2.00. The van der Waals surface area contributed by atoms with Gasteiger partial charge in [0.05, 0.1) is 5.02 Å². The van der Waals surface area contributed by atoms with Crippen molar-refractivity contribution in [2.45, 2.75) is 0 Å². The zero-order chi connectivity index (χ0) is 11.5. The molecule has 0 aliphatic heterocycles. The normalized spacial score (nSPS) is 10.1. The van der Waals surface area contributed by atoms with E-state index in [2.05, 4.69) is 15.9 Å². The Hall–Kier alpha value is -1.19. The molecule has 0 radical (unpaired) electrons. The minimum absolute atomic E-state index is 0.503. The third kappa shape index (κ3) is 2.68. The van der Waals surface area contributed by atoms with Crippen LogP contribution in [0, 0.1) is 0 Å². The van der Waals surface area contributed by atoms with Crippen molar-refractivity contribution in [3.05, 3.63) is 52.0 Å². The Bertz CT molecular complexity index is 499. The van der Waals surface area contributed by atoms with E-state index in [1.165, 1.54) is 0 Å². The second-order valence-corrected chi connectivity index (χ2v) is 4.57. The molecule has 0 heterocycles. The molecule has 2 nitrogen and oxygen atoms in total. The summed E-state index contributed by atoms with van der Waals surface area (Å²) >= 11 is 9.35. The molecule has 0 aliphatic rings. The molecule has 0 spiro atoms. The van der Waals surface area contributed by atoms with Crippen LogP contribution < -0.4 is 10.5 Å². The van der Waals surface area contributed by atoms with Crippen molar-refractivity contribution in [2.24, 2.45) is 0 Å². The van der Waals surface area contributed by atoms with E-state index in [-0.39, 0.29) is 0 Å². The van der Waals surface area contributed by atoms with E-state index in [0.717, 1.165) is 10.2 Å². The molecule has 16 heavy (non-hydrogen) atoms.